The van der Waals surface area contributed by atoms with Gasteiger partial charge in [-0.2, -0.15) is 0 Å². The fraction of sp³-hybridized carbons (Fsp3) is 0.706. The maximum Gasteiger partial charge on any atom is 0.291 e. The predicted octanol–water partition coefficient (Wildman–Crippen LogP) is 1.67. The molecule has 23 heavy (non-hydrogen) atoms. The lowest BCUT2D eigenvalue weighted by molar-refractivity contribution is -0.00819. The number of carbonyl (C=O) groups excluding carboxylic acids is 1. The zero-order valence-corrected chi connectivity index (χ0v) is 13.3. The third-order valence-electron chi connectivity index (χ3n) is 5.33. The predicted molar refractivity (Wildman–Crippen MR) is 82.9 cm³/mol. The van der Waals surface area contributed by atoms with Crippen LogP contribution in [0.25, 0.3) is 0 Å². The number of aromatic nitrogens is 2. The highest BCUT2D eigenvalue weighted by Gasteiger charge is 2.47. The summed E-state index contributed by atoms with van der Waals surface area (Å²) < 4.78 is 12.1. The van der Waals surface area contributed by atoms with Gasteiger partial charge in [0.2, 0.25) is 5.82 Å². The number of amides is 1. The first-order valence-electron chi connectivity index (χ1n) is 8.56. The van der Waals surface area contributed by atoms with Crippen LogP contribution in [0.2, 0.25) is 0 Å². The molecule has 1 spiro atoms. The maximum atomic E-state index is 12.4. The molecule has 0 aromatic carbocycles. The Morgan fingerprint density at radius 3 is 2.96 bits per heavy atom. The van der Waals surface area contributed by atoms with E-state index in [9.17, 15) is 4.79 Å². The van der Waals surface area contributed by atoms with Crippen LogP contribution in [0.5, 0.6) is 0 Å². The van der Waals surface area contributed by atoms with Gasteiger partial charge >= 0.3 is 0 Å². The summed E-state index contributed by atoms with van der Waals surface area (Å²) in [5.74, 6) is 0.911. The van der Waals surface area contributed by atoms with E-state index in [2.05, 4.69) is 9.97 Å². The molecule has 1 aromatic rings. The average Bonchev–Trinajstić information content (AvgIpc) is 3.14. The standard InChI is InChI=1S/C17H23N3O3/c21-16(15-18-6-2-7-19-15)20-8-5-17(12-20)9-14(11-23-17)22-10-13-3-1-4-13/h2,6-7,13-14H,1,3-5,8-12H2/t14-,17+/m0/s1. The average molecular weight is 317 g/mol. The van der Waals surface area contributed by atoms with Crippen LogP contribution in [0.3, 0.4) is 0 Å². The van der Waals surface area contributed by atoms with Gasteiger partial charge in [0.25, 0.3) is 5.91 Å². The van der Waals surface area contributed by atoms with Crippen LogP contribution < -0.4 is 0 Å². The van der Waals surface area contributed by atoms with Crippen molar-refractivity contribution in [2.45, 2.75) is 43.8 Å². The van der Waals surface area contributed by atoms with E-state index in [1.165, 1.54) is 19.3 Å². The molecule has 1 aliphatic carbocycles. The van der Waals surface area contributed by atoms with Gasteiger partial charge in [0, 0.05) is 32.0 Å². The summed E-state index contributed by atoms with van der Waals surface area (Å²) in [6.45, 7) is 2.83. The molecule has 6 nitrogen and oxygen atoms in total. The molecule has 0 N–H and O–H groups in total. The van der Waals surface area contributed by atoms with Gasteiger partial charge in [0.15, 0.2) is 0 Å². The van der Waals surface area contributed by atoms with E-state index in [4.69, 9.17) is 9.47 Å². The molecule has 2 saturated heterocycles. The molecule has 0 unspecified atom stereocenters. The number of hydrogen-bond donors (Lipinski definition) is 0. The Morgan fingerprint density at radius 1 is 1.39 bits per heavy atom. The van der Waals surface area contributed by atoms with Crippen molar-refractivity contribution < 1.29 is 14.3 Å². The number of carbonyl (C=O) groups is 1. The van der Waals surface area contributed by atoms with Crippen molar-refractivity contribution >= 4 is 5.91 Å². The van der Waals surface area contributed by atoms with Gasteiger partial charge in [0.05, 0.1) is 24.9 Å². The highest BCUT2D eigenvalue weighted by atomic mass is 16.6. The highest BCUT2D eigenvalue weighted by molar-refractivity contribution is 5.90. The summed E-state index contributed by atoms with van der Waals surface area (Å²) in [6, 6.07) is 1.71. The Kier molecular flexibility index (Phi) is 4.03. The van der Waals surface area contributed by atoms with Gasteiger partial charge in [-0.25, -0.2) is 9.97 Å². The van der Waals surface area contributed by atoms with Crippen LogP contribution >= 0.6 is 0 Å². The zero-order valence-electron chi connectivity index (χ0n) is 13.3. The molecular weight excluding hydrogens is 294 g/mol. The topological polar surface area (TPSA) is 64.6 Å². The van der Waals surface area contributed by atoms with Crippen LogP contribution in [0, 0.1) is 5.92 Å². The molecule has 3 aliphatic rings. The van der Waals surface area contributed by atoms with E-state index in [0.717, 1.165) is 25.4 Å². The molecular formula is C17H23N3O3. The third-order valence-corrected chi connectivity index (χ3v) is 5.33. The van der Waals surface area contributed by atoms with Gasteiger partial charge < -0.3 is 14.4 Å². The molecule has 1 aromatic heterocycles. The fourth-order valence-corrected chi connectivity index (χ4v) is 3.69. The van der Waals surface area contributed by atoms with E-state index in [1.54, 1.807) is 18.5 Å². The van der Waals surface area contributed by atoms with Gasteiger partial charge in [-0.15, -0.1) is 0 Å². The number of ether oxygens (including phenoxy) is 2. The number of hydrogen-bond acceptors (Lipinski definition) is 5. The Balaban J connectivity index is 1.32. The Morgan fingerprint density at radius 2 is 2.22 bits per heavy atom. The summed E-state index contributed by atoms with van der Waals surface area (Å²) in [5, 5.41) is 0. The summed E-state index contributed by atoms with van der Waals surface area (Å²) in [5.41, 5.74) is -0.227. The number of nitrogens with zero attached hydrogens (tertiary/aromatic N) is 3. The van der Waals surface area contributed by atoms with Crippen molar-refractivity contribution in [3.05, 3.63) is 24.3 Å². The monoisotopic (exact) mass is 317 g/mol. The van der Waals surface area contributed by atoms with Crippen LogP contribution in [0.4, 0.5) is 0 Å². The van der Waals surface area contributed by atoms with Gasteiger partial charge in [0.1, 0.15) is 0 Å². The molecule has 3 fully saturated rings. The molecule has 6 heteroatoms. The molecule has 2 atom stereocenters. The van der Waals surface area contributed by atoms with Crippen LogP contribution in [-0.2, 0) is 9.47 Å². The summed E-state index contributed by atoms with van der Waals surface area (Å²) in [4.78, 5) is 22.4. The SMILES string of the molecule is O=C(c1ncccn1)N1CC[C@@]2(C[C@H](OCC3CCC3)CO2)C1. The number of likely N-dealkylation sites (tertiary alicyclic amines) is 1. The Labute approximate surface area is 136 Å². The molecule has 0 radical (unpaired) electrons. The molecule has 124 valence electrons. The van der Waals surface area contributed by atoms with E-state index < -0.39 is 0 Å². The van der Waals surface area contributed by atoms with Crippen LogP contribution in [0.1, 0.15) is 42.7 Å². The quantitative estimate of drug-likeness (QED) is 0.845. The third kappa shape index (κ3) is 3.10. The molecule has 2 aliphatic heterocycles. The minimum absolute atomic E-state index is 0.107. The number of rotatable bonds is 4. The highest BCUT2D eigenvalue weighted by Crippen LogP contribution is 2.37. The lowest BCUT2D eigenvalue weighted by Crippen LogP contribution is -2.36. The second kappa shape index (κ2) is 6.17. The van der Waals surface area contributed by atoms with Crippen LogP contribution in [-0.4, -0.2) is 58.8 Å². The second-order valence-electron chi connectivity index (χ2n) is 7.00. The molecule has 3 heterocycles. The Hall–Kier alpha value is -1.53. The fourth-order valence-electron chi connectivity index (χ4n) is 3.69. The second-order valence-corrected chi connectivity index (χ2v) is 7.00. The minimum Gasteiger partial charge on any atom is -0.375 e. The van der Waals surface area contributed by atoms with E-state index in [1.807, 2.05) is 4.90 Å². The molecule has 1 amide bonds. The largest absolute Gasteiger partial charge is 0.375 e. The maximum absolute atomic E-state index is 12.4. The summed E-state index contributed by atoms with van der Waals surface area (Å²) >= 11 is 0. The van der Waals surface area contributed by atoms with Crippen molar-refractivity contribution in [3.8, 4) is 0 Å². The van der Waals surface area contributed by atoms with Crippen molar-refractivity contribution in [2.24, 2.45) is 5.92 Å². The first-order valence-corrected chi connectivity index (χ1v) is 8.56. The van der Waals surface area contributed by atoms with Crippen molar-refractivity contribution in [2.75, 3.05) is 26.3 Å². The Bertz CT molecular complexity index is 563. The van der Waals surface area contributed by atoms with Crippen molar-refractivity contribution in [1.82, 2.24) is 14.9 Å². The lowest BCUT2D eigenvalue weighted by atomic mass is 9.86. The van der Waals surface area contributed by atoms with Gasteiger partial charge in [-0.3, -0.25) is 4.79 Å². The first-order chi connectivity index (χ1) is 11.2. The normalized spacial score (nSPS) is 30.8. The van der Waals surface area contributed by atoms with Gasteiger partial charge in [-0.05, 0) is 31.2 Å². The van der Waals surface area contributed by atoms with Gasteiger partial charge in [-0.1, -0.05) is 6.42 Å². The molecule has 1 saturated carbocycles. The van der Waals surface area contributed by atoms with Crippen LogP contribution in [0.15, 0.2) is 18.5 Å². The first kappa shape index (κ1) is 15.0. The van der Waals surface area contributed by atoms with Crippen molar-refractivity contribution in [1.29, 1.82) is 0 Å². The smallest absolute Gasteiger partial charge is 0.291 e. The summed E-state index contributed by atoms with van der Waals surface area (Å²) in [7, 11) is 0. The van der Waals surface area contributed by atoms with Crippen molar-refractivity contribution in [3.63, 3.8) is 0 Å². The lowest BCUT2D eigenvalue weighted by Gasteiger charge is -2.26. The van der Waals surface area contributed by atoms with E-state index >= 15 is 0 Å². The zero-order chi connectivity index (χ0) is 15.7. The summed E-state index contributed by atoms with van der Waals surface area (Å²) in [6.07, 6.45) is 9.09. The van der Waals surface area contributed by atoms with E-state index in [0.29, 0.717) is 19.7 Å². The molecule has 0 bridgehead atoms. The molecule has 4 rings (SSSR count). The minimum atomic E-state index is -0.227. The van der Waals surface area contributed by atoms with E-state index in [-0.39, 0.29) is 23.4 Å².